The van der Waals surface area contributed by atoms with E-state index >= 15 is 0 Å². The molecule has 0 saturated heterocycles. The van der Waals surface area contributed by atoms with Crippen LogP contribution in [0.25, 0.3) is 6.08 Å². The van der Waals surface area contributed by atoms with Gasteiger partial charge in [0.15, 0.2) is 0 Å². The van der Waals surface area contributed by atoms with Crippen LogP contribution in [0.4, 0.5) is 0 Å². The minimum atomic E-state index is -2.12. The maximum atomic E-state index is 10.4. The molecule has 1 unspecified atom stereocenters. The van der Waals surface area contributed by atoms with E-state index < -0.39 is 17.0 Å². The van der Waals surface area contributed by atoms with Crippen LogP contribution < -0.4 is 34.7 Å². The molecule has 0 radical (unpaired) electrons. The quantitative estimate of drug-likeness (QED) is 0.423. The molecule has 0 bridgehead atoms. The van der Waals surface area contributed by atoms with Crippen molar-refractivity contribution in [2.45, 2.75) is 11.8 Å². The van der Waals surface area contributed by atoms with Crippen LogP contribution in [0.1, 0.15) is 12.5 Å². The van der Waals surface area contributed by atoms with E-state index in [9.17, 15) is 8.76 Å². The number of carboxylic acid groups (broad SMARTS) is 1. The maximum absolute atomic E-state index is 10.4. The minimum Gasteiger partial charge on any atom is -0.768 e. The van der Waals surface area contributed by atoms with Gasteiger partial charge in [-0.1, -0.05) is 24.8 Å². The summed E-state index contributed by atoms with van der Waals surface area (Å²) in [6.45, 7) is 4.52. The first-order chi connectivity index (χ1) is 6.97. The van der Waals surface area contributed by atoms with Gasteiger partial charge in [-0.15, -0.1) is 0 Å². The average molecular weight is 249 g/mol. The zero-order valence-corrected chi connectivity index (χ0v) is 12.0. The summed E-state index contributed by atoms with van der Waals surface area (Å²) < 4.78 is 20.7. The van der Waals surface area contributed by atoms with Gasteiger partial charge in [-0.3, -0.25) is 4.21 Å². The Hall–Kier alpha value is -0.460. The number of carbonyl (C=O) groups is 1. The first-order valence-electron chi connectivity index (χ1n) is 3.96. The first kappa shape index (κ1) is 17.9. The van der Waals surface area contributed by atoms with E-state index in [2.05, 4.69) is 6.58 Å². The second kappa shape index (κ2) is 9.74. The van der Waals surface area contributed by atoms with Crippen molar-refractivity contribution >= 4 is 23.1 Å². The van der Waals surface area contributed by atoms with E-state index in [1.54, 1.807) is 30.3 Å². The van der Waals surface area contributed by atoms with Crippen LogP contribution in [0.5, 0.6) is 0 Å². The van der Waals surface area contributed by atoms with Gasteiger partial charge in [-0.05, 0) is 35.7 Å². The summed E-state index contributed by atoms with van der Waals surface area (Å²) in [5.41, 5.74) is 0.916. The van der Waals surface area contributed by atoms with Gasteiger partial charge in [0.05, 0.1) is 0 Å². The topological polar surface area (TPSA) is 80.3 Å². The van der Waals surface area contributed by atoms with Gasteiger partial charge >= 0.3 is 29.6 Å². The second-order valence-electron chi connectivity index (χ2n) is 2.50. The molecule has 0 saturated carbocycles. The SMILES string of the molecule is C=Cc1ccc(S(=O)[O-])cc1.CC(=O)[O-].[Na+]. The van der Waals surface area contributed by atoms with Gasteiger partial charge in [0, 0.05) is 10.9 Å². The fourth-order valence-corrected chi connectivity index (χ4v) is 1.07. The van der Waals surface area contributed by atoms with Crippen LogP contribution in [0.3, 0.4) is 0 Å². The van der Waals surface area contributed by atoms with E-state index in [1.807, 2.05) is 0 Å². The predicted octanol–water partition coefficient (Wildman–Crippen LogP) is -2.67. The number of benzene rings is 1. The molecule has 0 aliphatic carbocycles. The Morgan fingerprint density at radius 3 is 2.00 bits per heavy atom. The molecule has 82 valence electrons. The van der Waals surface area contributed by atoms with Gasteiger partial charge in [0.1, 0.15) is 0 Å². The van der Waals surface area contributed by atoms with Crippen LogP contribution >= 0.6 is 0 Å². The fraction of sp³-hybridized carbons (Fsp3) is 0.100. The first-order valence-corrected chi connectivity index (χ1v) is 5.04. The molecular weight excluding hydrogens is 239 g/mol. The van der Waals surface area contributed by atoms with Crippen molar-refractivity contribution in [1.82, 2.24) is 0 Å². The molecule has 1 rings (SSSR count). The fourth-order valence-electron chi connectivity index (χ4n) is 0.715. The van der Waals surface area contributed by atoms with E-state index in [-0.39, 0.29) is 29.6 Å². The zero-order chi connectivity index (χ0) is 11.8. The zero-order valence-electron chi connectivity index (χ0n) is 9.14. The number of hydrogen-bond acceptors (Lipinski definition) is 4. The summed E-state index contributed by atoms with van der Waals surface area (Å²) >= 11 is -2.12. The third-order valence-electron chi connectivity index (χ3n) is 1.31. The molecule has 0 aromatic heterocycles. The number of carbonyl (C=O) groups excluding carboxylic acids is 1. The van der Waals surface area contributed by atoms with Gasteiger partial charge in [0.25, 0.3) is 0 Å². The minimum absolute atomic E-state index is 0. The third-order valence-corrected chi connectivity index (χ3v) is 1.97. The van der Waals surface area contributed by atoms with Crippen molar-refractivity contribution < 1.29 is 48.2 Å². The van der Waals surface area contributed by atoms with Crippen LogP contribution in [0, 0.1) is 0 Å². The molecule has 0 amide bonds. The molecule has 6 heteroatoms. The molecule has 0 aliphatic heterocycles. The van der Waals surface area contributed by atoms with Crippen LogP contribution in [-0.2, 0) is 15.9 Å². The predicted molar refractivity (Wildman–Crippen MR) is 54.4 cm³/mol. The Labute approximate surface area is 119 Å². The summed E-state index contributed by atoms with van der Waals surface area (Å²) in [5.74, 6) is -1.08. The monoisotopic (exact) mass is 249 g/mol. The number of carboxylic acids is 1. The van der Waals surface area contributed by atoms with Crippen LogP contribution in [0.15, 0.2) is 35.7 Å². The van der Waals surface area contributed by atoms with Crippen molar-refractivity contribution in [1.29, 1.82) is 0 Å². The van der Waals surface area contributed by atoms with Crippen molar-refractivity contribution in [2.75, 3.05) is 0 Å². The van der Waals surface area contributed by atoms with Crippen molar-refractivity contribution in [3.63, 3.8) is 0 Å². The van der Waals surface area contributed by atoms with E-state index in [0.29, 0.717) is 4.90 Å². The Morgan fingerprint density at radius 1 is 1.38 bits per heavy atom. The number of hydrogen-bond donors (Lipinski definition) is 0. The Bertz CT molecular complexity index is 358. The van der Waals surface area contributed by atoms with Crippen LogP contribution in [0.2, 0.25) is 0 Å². The summed E-state index contributed by atoms with van der Waals surface area (Å²) in [6.07, 6.45) is 1.66. The van der Waals surface area contributed by atoms with E-state index in [1.165, 1.54) is 0 Å². The Morgan fingerprint density at radius 2 is 1.75 bits per heavy atom. The third kappa shape index (κ3) is 8.82. The van der Waals surface area contributed by atoms with Crippen molar-refractivity contribution in [3.05, 3.63) is 36.4 Å². The molecule has 16 heavy (non-hydrogen) atoms. The van der Waals surface area contributed by atoms with E-state index in [4.69, 9.17) is 9.90 Å². The average Bonchev–Trinajstić information content (AvgIpc) is 2.17. The largest absolute Gasteiger partial charge is 1.00 e. The maximum Gasteiger partial charge on any atom is 1.00 e. The molecule has 1 aromatic carbocycles. The molecule has 1 aromatic rings. The standard InChI is InChI=1S/C8H8O2S.C2H4O2.Na/c1-2-7-3-5-8(6-4-7)11(9)10;1-2(3)4;/h2-6H,1H2,(H,9,10);1H3,(H,3,4);/q;;+1/p-2. The Kier molecular flexibility index (Phi) is 10.9. The van der Waals surface area contributed by atoms with Gasteiger partial charge < -0.3 is 14.5 Å². The summed E-state index contributed by atoms with van der Waals surface area (Å²) in [7, 11) is 0. The number of aliphatic carboxylic acids is 1. The molecule has 0 aliphatic rings. The molecule has 0 fully saturated rings. The summed E-state index contributed by atoms with van der Waals surface area (Å²) in [6, 6.07) is 6.50. The smallest absolute Gasteiger partial charge is 0.768 e. The summed E-state index contributed by atoms with van der Waals surface area (Å²) in [4.78, 5) is 9.19. The van der Waals surface area contributed by atoms with Gasteiger partial charge in [-0.2, -0.15) is 0 Å². The van der Waals surface area contributed by atoms with Crippen molar-refractivity contribution in [2.24, 2.45) is 0 Å². The number of rotatable bonds is 2. The van der Waals surface area contributed by atoms with E-state index in [0.717, 1.165) is 12.5 Å². The van der Waals surface area contributed by atoms with Gasteiger partial charge in [0.2, 0.25) is 0 Å². The molecule has 0 N–H and O–H groups in total. The second-order valence-corrected chi connectivity index (χ2v) is 3.44. The van der Waals surface area contributed by atoms with Crippen molar-refractivity contribution in [3.8, 4) is 0 Å². The van der Waals surface area contributed by atoms with Gasteiger partial charge in [-0.25, -0.2) is 0 Å². The molecule has 1 atom stereocenters. The summed E-state index contributed by atoms with van der Waals surface area (Å²) in [5, 5.41) is 8.89. The molecule has 4 nitrogen and oxygen atoms in total. The van der Waals surface area contributed by atoms with Crippen LogP contribution in [-0.4, -0.2) is 14.7 Å². The normalized spacial score (nSPS) is 10.1. The molecular formula is C10H10NaO4S-. The molecule has 0 heterocycles. The Balaban J connectivity index is 0. The molecule has 0 spiro atoms.